The third-order valence-corrected chi connectivity index (χ3v) is 7.90. The Balaban J connectivity index is 0.00000280. The number of piperidine rings is 1. The van der Waals surface area contributed by atoms with Crippen LogP contribution >= 0.6 is 12.4 Å². The van der Waals surface area contributed by atoms with Gasteiger partial charge in [-0.25, -0.2) is 14.2 Å². The number of amides is 1. The maximum absolute atomic E-state index is 13.6. The molecule has 3 atom stereocenters. The zero-order chi connectivity index (χ0) is 24.7. The van der Waals surface area contributed by atoms with Crippen LogP contribution in [0.3, 0.4) is 0 Å². The number of likely N-dealkylation sites (tertiary alicyclic amines) is 1. The van der Waals surface area contributed by atoms with Gasteiger partial charge >= 0.3 is 6.09 Å². The van der Waals surface area contributed by atoms with Gasteiger partial charge in [0.1, 0.15) is 18.5 Å². The lowest BCUT2D eigenvalue weighted by atomic mass is 9.89. The fourth-order valence-corrected chi connectivity index (χ4v) is 5.67. The van der Waals surface area contributed by atoms with E-state index in [1.165, 1.54) is 12.1 Å². The van der Waals surface area contributed by atoms with Crippen LogP contribution in [0.1, 0.15) is 30.9 Å². The van der Waals surface area contributed by atoms with Crippen LogP contribution in [0.5, 0.6) is 5.88 Å². The molecule has 0 spiro atoms. The summed E-state index contributed by atoms with van der Waals surface area (Å²) in [6, 6.07) is 20.0. The van der Waals surface area contributed by atoms with E-state index in [9.17, 15) is 9.18 Å². The van der Waals surface area contributed by atoms with E-state index in [1.54, 1.807) is 12.1 Å². The van der Waals surface area contributed by atoms with Gasteiger partial charge in [0.25, 0.3) is 0 Å². The Labute approximate surface area is 222 Å². The van der Waals surface area contributed by atoms with E-state index < -0.39 is 5.54 Å². The summed E-state index contributed by atoms with van der Waals surface area (Å²) in [4.78, 5) is 19.8. The van der Waals surface area contributed by atoms with E-state index in [4.69, 9.17) is 14.5 Å². The van der Waals surface area contributed by atoms with Gasteiger partial charge in [-0.1, -0.05) is 30.3 Å². The Morgan fingerprint density at radius 2 is 1.84 bits per heavy atom. The SMILES string of the molecule is CC1(c2cc(OC3C4CNCC43)nc(-c3ccc(F)cc3)c2)CCCN1C(=O)OCc1ccccc1.Cl. The largest absolute Gasteiger partial charge is 0.474 e. The monoisotopic (exact) mass is 523 g/mol. The fourth-order valence-electron chi connectivity index (χ4n) is 5.67. The Bertz CT molecular complexity index is 1250. The van der Waals surface area contributed by atoms with Crippen molar-refractivity contribution < 1.29 is 18.7 Å². The smallest absolute Gasteiger partial charge is 0.410 e. The lowest BCUT2D eigenvalue weighted by molar-refractivity contribution is 0.0691. The molecule has 1 amide bonds. The van der Waals surface area contributed by atoms with E-state index in [0.29, 0.717) is 30.0 Å². The molecule has 3 heterocycles. The van der Waals surface area contributed by atoms with Crippen LogP contribution in [-0.2, 0) is 16.9 Å². The van der Waals surface area contributed by atoms with Gasteiger partial charge in [-0.05, 0) is 61.2 Å². The topological polar surface area (TPSA) is 63.7 Å². The molecule has 3 aromatic rings. The first-order valence-corrected chi connectivity index (χ1v) is 12.7. The van der Waals surface area contributed by atoms with E-state index in [-0.39, 0.29) is 37.0 Å². The molecule has 0 bridgehead atoms. The van der Waals surface area contributed by atoms with Gasteiger partial charge in [0.05, 0.1) is 11.2 Å². The predicted octanol–water partition coefficient (Wildman–Crippen LogP) is 5.55. The molecule has 2 aromatic carbocycles. The molecule has 8 heteroatoms. The molecule has 6 nitrogen and oxygen atoms in total. The highest BCUT2D eigenvalue weighted by Crippen LogP contribution is 2.46. The number of fused-ring (bicyclic) bond motifs is 1. The summed E-state index contributed by atoms with van der Waals surface area (Å²) in [6.07, 6.45) is 1.51. The summed E-state index contributed by atoms with van der Waals surface area (Å²) < 4.78 is 25.7. The van der Waals surface area contributed by atoms with Crippen LogP contribution in [0.15, 0.2) is 66.7 Å². The van der Waals surface area contributed by atoms with Crippen LogP contribution in [0.2, 0.25) is 0 Å². The fraction of sp³-hybridized carbons (Fsp3) is 0.379. The van der Waals surface area contributed by atoms with Crippen LogP contribution in [-0.4, -0.2) is 41.7 Å². The number of hydrogen-bond acceptors (Lipinski definition) is 5. The molecule has 0 radical (unpaired) electrons. The maximum Gasteiger partial charge on any atom is 0.410 e. The zero-order valence-electron chi connectivity index (χ0n) is 20.7. The standard InChI is InChI=1S/C29H30FN3O3.ClH/c1-29(12-5-13-33(29)28(34)35-18-19-6-3-2-4-7-19)21-14-25(20-8-10-22(30)11-9-20)32-26(15-21)36-27-23-16-31-17-24(23)27;/h2-4,6-11,14-15,23-24,27,31H,5,12-13,16-18H2,1H3;1H. The number of rotatable bonds is 6. The highest BCUT2D eigenvalue weighted by atomic mass is 35.5. The second kappa shape index (κ2) is 10.3. The van der Waals surface area contributed by atoms with Crippen LogP contribution in [0.25, 0.3) is 11.3 Å². The molecule has 3 unspecified atom stereocenters. The number of pyridine rings is 1. The van der Waals surface area contributed by atoms with Crippen LogP contribution < -0.4 is 10.1 Å². The molecule has 2 aliphatic heterocycles. The molecular weight excluding hydrogens is 493 g/mol. The molecule has 6 rings (SSSR count). The molecular formula is C29H31ClFN3O3. The van der Waals surface area contributed by atoms with Crippen LogP contribution in [0.4, 0.5) is 9.18 Å². The zero-order valence-corrected chi connectivity index (χ0v) is 21.5. The molecule has 3 fully saturated rings. The highest BCUT2D eigenvalue weighted by Gasteiger charge is 2.55. The number of nitrogens with zero attached hydrogens (tertiary/aromatic N) is 2. The minimum atomic E-state index is -0.565. The number of benzene rings is 2. The Morgan fingerprint density at radius 1 is 1.11 bits per heavy atom. The minimum absolute atomic E-state index is 0. The Hall–Kier alpha value is -3.16. The van der Waals surface area contributed by atoms with Crippen molar-refractivity contribution in [1.29, 1.82) is 0 Å². The molecule has 1 saturated carbocycles. The number of nitrogens with one attached hydrogen (secondary N) is 1. The van der Waals surface area contributed by atoms with Gasteiger partial charge in [-0.2, -0.15) is 0 Å². The van der Waals surface area contributed by atoms with Gasteiger partial charge in [-0.3, -0.25) is 4.90 Å². The summed E-state index contributed by atoms with van der Waals surface area (Å²) in [5.41, 5.74) is 2.85. The average molecular weight is 524 g/mol. The van der Waals surface area contributed by atoms with Gasteiger partial charge in [-0.15, -0.1) is 12.4 Å². The first-order valence-electron chi connectivity index (χ1n) is 12.7. The molecule has 1 aromatic heterocycles. The molecule has 1 aliphatic carbocycles. The number of halogens is 2. The summed E-state index contributed by atoms with van der Waals surface area (Å²) in [6.45, 7) is 4.87. The van der Waals surface area contributed by atoms with E-state index in [1.807, 2.05) is 47.4 Å². The number of ether oxygens (including phenoxy) is 2. The van der Waals surface area contributed by atoms with Crippen LogP contribution in [0, 0.1) is 17.7 Å². The third kappa shape index (κ3) is 5.03. The van der Waals surface area contributed by atoms with Gasteiger partial charge in [0, 0.05) is 43.1 Å². The maximum atomic E-state index is 13.6. The average Bonchev–Trinajstić information content (AvgIpc) is 3.22. The van der Waals surface area contributed by atoms with Crippen molar-refractivity contribution in [2.24, 2.45) is 11.8 Å². The predicted molar refractivity (Wildman–Crippen MR) is 141 cm³/mol. The normalized spacial score (nSPS) is 25.8. The quantitative estimate of drug-likeness (QED) is 0.458. The Kier molecular flexibility index (Phi) is 7.10. The summed E-state index contributed by atoms with van der Waals surface area (Å²) in [5, 5.41) is 3.39. The van der Waals surface area contributed by atoms with E-state index in [0.717, 1.165) is 42.6 Å². The van der Waals surface area contributed by atoms with E-state index in [2.05, 4.69) is 12.2 Å². The summed E-state index contributed by atoms with van der Waals surface area (Å²) in [5.74, 6) is 1.31. The first kappa shape index (κ1) is 25.5. The lowest BCUT2D eigenvalue weighted by Crippen LogP contribution is -2.43. The van der Waals surface area contributed by atoms with Gasteiger partial charge < -0.3 is 14.8 Å². The first-order chi connectivity index (χ1) is 17.5. The van der Waals surface area contributed by atoms with Crippen molar-refractivity contribution in [3.05, 3.63) is 83.7 Å². The van der Waals surface area contributed by atoms with Crippen molar-refractivity contribution in [2.75, 3.05) is 19.6 Å². The van der Waals surface area contributed by atoms with Crippen molar-refractivity contribution in [3.8, 4) is 17.1 Å². The molecule has 194 valence electrons. The minimum Gasteiger partial charge on any atom is -0.474 e. The summed E-state index contributed by atoms with van der Waals surface area (Å²) >= 11 is 0. The number of aromatic nitrogens is 1. The second-order valence-electron chi connectivity index (χ2n) is 10.2. The molecule has 2 saturated heterocycles. The van der Waals surface area contributed by atoms with Crippen molar-refractivity contribution >= 4 is 18.5 Å². The number of carbonyl (C=O) groups is 1. The summed E-state index contributed by atoms with van der Waals surface area (Å²) in [7, 11) is 0. The Morgan fingerprint density at radius 3 is 2.57 bits per heavy atom. The molecule has 37 heavy (non-hydrogen) atoms. The molecule has 3 aliphatic rings. The lowest BCUT2D eigenvalue weighted by Gasteiger charge is -2.35. The number of carbonyl (C=O) groups excluding carboxylic acids is 1. The number of hydrogen-bond donors (Lipinski definition) is 1. The van der Waals surface area contributed by atoms with Crippen molar-refractivity contribution in [2.45, 2.75) is 38.0 Å². The second-order valence-corrected chi connectivity index (χ2v) is 10.2. The van der Waals surface area contributed by atoms with E-state index >= 15 is 0 Å². The van der Waals surface area contributed by atoms with Crippen molar-refractivity contribution in [1.82, 2.24) is 15.2 Å². The third-order valence-electron chi connectivity index (χ3n) is 7.90. The van der Waals surface area contributed by atoms with Crippen molar-refractivity contribution in [3.63, 3.8) is 0 Å². The highest BCUT2D eigenvalue weighted by molar-refractivity contribution is 5.85. The van der Waals surface area contributed by atoms with Gasteiger partial charge in [0.15, 0.2) is 0 Å². The molecule has 1 N–H and O–H groups in total. The van der Waals surface area contributed by atoms with Gasteiger partial charge in [0.2, 0.25) is 5.88 Å².